The molecule has 3 nitrogen and oxygen atoms in total. The lowest BCUT2D eigenvalue weighted by atomic mass is 10.4. The van der Waals surface area contributed by atoms with Gasteiger partial charge in [-0.25, -0.2) is 0 Å². The standard InChI is InChI=1S/C7H15NO2S/c1-3-5(2)11-4-6(8)7(9)10/h5-6H,3-4,8H2,1-2H3,(H,9,10)/t5-,6-/m1/s1. The third kappa shape index (κ3) is 5.09. The Hall–Kier alpha value is -0.220. The molecule has 0 saturated heterocycles. The Morgan fingerprint density at radius 1 is 1.73 bits per heavy atom. The first-order valence-corrected chi connectivity index (χ1v) is 4.72. The van der Waals surface area contributed by atoms with Crippen LogP contribution < -0.4 is 5.73 Å². The number of hydrogen-bond acceptors (Lipinski definition) is 3. The first-order chi connectivity index (χ1) is 5.07. The molecule has 3 N–H and O–H groups in total. The van der Waals surface area contributed by atoms with Crippen molar-refractivity contribution < 1.29 is 9.90 Å². The fourth-order valence-corrected chi connectivity index (χ4v) is 1.37. The minimum absolute atomic E-state index is 0.500. The lowest BCUT2D eigenvalue weighted by Crippen LogP contribution is -2.33. The second-order valence-electron chi connectivity index (χ2n) is 2.50. The highest BCUT2D eigenvalue weighted by Crippen LogP contribution is 2.13. The summed E-state index contributed by atoms with van der Waals surface area (Å²) in [7, 11) is 0. The third-order valence-corrected chi connectivity index (χ3v) is 2.91. The van der Waals surface area contributed by atoms with Gasteiger partial charge in [-0.2, -0.15) is 11.8 Å². The first-order valence-electron chi connectivity index (χ1n) is 3.68. The molecule has 0 heterocycles. The molecule has 2 atom stereocenters. The lowest BCUT2D eigenvalue weighted by Gasteiger charge is -2.09. The number of hydrogen-bond donors (Lipinski definition) is 2. The summed E-state index contributed by atoms with van der Waals surface area (Å²) in [6.45, 7) is 4.14. The molecular formula is C7H15NO2S. The van der Waals surface area contributed by atoms with E-state index in [1.165, 1.54) is 0 Å². The Kier molecular flexibility index (Phi) is 5.32. The number of carboxylic acid groups (broad SMARTS) is 1. The highest BCUT2D eigenvalue weighted by atomic mass is 32.2. The molecule has 0 amide bonds. The van der Waals surface area contributed by atoms with Crippen LogP contribution in [0.5, 0.6) is 0 Å². The molecule has 0 saturated carbocycles. The molecule has 0 spiro atoms. The molecule has 0 bridgehead atoms. The third-order valence-electron chi connectivity index (χ3n) is 1.45. The van der Waals surface area contributed by atoms with Crippen molar-refractivity contribution in [2.75, 3.05) is 5.75 Å². The van der Waals surface area contributed by atoms with E-state index in [1.54, 1.807) is 11.8 Å². The van der Waals surface area contributed by atoms with E-state index in [0.29, 0.717) is 11.0 Å². The summed E-state index contributed by atoms with van der Waals surface area (Å²) in [6, 6.07) is -0.714. The van der Waals surface area contributed by atoms with E-state index in [1.807, 2.05) is 0 Å². The van der Waals surface area contributed by atoms with Crippen LogP contribution in [0.3, 0.4) is 0 Å². The number of carboxylic acids is 1. The molecule has 0 aromatic heterocycles. The van der Waals surface area contributed by atoms with Crippen LogP contribution in [0.2, 0.25) is 0 Å². The van der Waals surface area contributed by atoms with Crippen molar-refractivity contribution in [2.24, 2.45) is 5.73 Å². The fraction of sp³-hybridized carbons (Fsp3) is 0.857. The van der Waals surface area contributed by atoms with E-state index in [2.05, 4.69) is 13.8 Å². The van der Waals surface area contributed by atoms with E-state index >= 15 is 0 Å². The monoisotopic (exact) mass is 177 g/mol. The Morgan fingerprint density at radius 2 is 2.27 bits per heavy atom. The van der Waals surface area contributed by atoms with Gasteiger partial charge in [-0.05, 0) is 6.42 Å². The average Bonchev–Trinajstić information content (AvgIpc) is 1.99. The Bertz CT molecular complexity index is 130. The number of aliphatic carboxylic acids is 1. The first kappa shape index (κ1) is 10.8. The van der Waals surface area contributed by atoms with Crippen molar-refractivity contribution >= 4 is 17.7 Å². The van der Waals surface area contributed by atoms with Gasteiger partial charge in [0.05, 0.1) is 0 Å². The summed E-state index contributed by atoms with van der Waals surface area (Å²) in [5, 5.41) is 8.93. The molecule has 0 aromatic rings. The highest BCUT2D eigenvalue weighted by molar-refractivity contribution is 7.99. The largest absolute Gasteiger partial charge is 0.480 e. The van der Waals surface area contributed by atoms with Crippen LogP contribution >= 0.6 is 11.8 Å². The van der Waals surface area contributed by atoms with Crippen LogP contribution in [0.15, 0.2) is 0 Å². The van der Waals surface area contributed by atoms with Crippen LogP contribution in [0, 0.1) is 0 Å². The zero-order chi connectivity index (χ0) is 8.85. The molecule has 0 radical (unpaired) electrons. The van der Waals surface area contributed by atoms with Gasteiger partial charge in [0.1, 0.15) is 6.04 Å². The maximum Gasteiger partial charge on any atom is 0.321 e. The van der Waals surface area contributed by atoms with Crippen LogP contribution in [0.4, 0.5) is 0 Å². The van der Waals surface area contributed by atoms with Gasteiger partial charge in [-0.1, -0.05) is 13.8 Å². The fourth-order valence-electron chi connectivity index (χ4n) is 0.457. The average molecular weight is 177 g/mol. The van der Waals surface area contributed by atoms with Crippen molar-refractivity contribution in [3.63, 3.8) is 0 Å². The number of rotatable bonds is 5. The second kappa shape index (κ2) is 5.43. The predicted octanol–water partition coefficient (Wildman–Crippen LogP) is 0.930. The van der Waals surface area contributed by atoms with Crippen LogP contribution in [0.25, 0.3) is 0 Å². The zero-order valence-corrected chi connectivity index (χ0v) is 7.73. The van der Waals surface area contributed by atoms with Crippen LogP contribution in [-0.2, 0) is 4.79 Å². The van der Waals surface area contributed by atoms with Crippen molar-refractivity contribution in [1.82, 2.24) is 0 Å². The summed E-state index contributed by atoms with van der Waals surface area (Å²) < 4.78 is 0. The summed E-state index contributed by atoms with van der Waals surface area (Å²) >= 11 is 1.61. The molecule has 0 fully saturated rings. The summed E-state index contributed by atoms with van der Waals surface area (Å²) in [5.74, 6) is -0.412. The smallest absolute Gasteiger partial charge is 0.321 e. The number of thioether (sulfide) groups is 1. The molecule has 0 aliphatic carbocycles. The van der Waals surface area contributed by atoms with E-state index < -0.39 is 12.0 Å². The minimum atomic E-state index is -0.916. The summed E-state index contributed by atoms with van der Waals surface area (Å²) in [5.41, 5.74) is 5.30. The molecule has 4 heteroatoms. The van der Waals surface area contributed by atoms with Crippen molar-refractivity contribution in [3.8, 4) is 0 Å². The zero-order valence-electron chi connectivity index (χ0n) is 6.91. The maximum absolute atomic E-state index is 10.3. The van der Waals surface area contributed by atoms with Gasteiger partial charge in [0.15, 0.2) is 0 Å². The summed E-state index contributed by atoms with van der Waals surface area (Å²) in [4.78, 5) is 10.3. The highest BCUT2D eigenvalue weighted by Gasteiger charge is 2.12. The van der Waals surface area contributed by atoms with Gasteiger partial charge >= 0.3 is 5.97 Å². The van der Waals surface area contributed by atoms with Gasteiger partial charge < -0.3 is 10.8 Å². The van der Waals surface area contributed by atoms with Gasteiger partial charge in [0, 0.05) is 11.0 Å². The van der Waals surface area contributed by atoms with Gasteiger partial charge in [-0.3, -0.25) is 4.79 Å². The van der Waals surface area contributed by atoms with Gasteiger partial charge in [0.2, 0.25) is 0 Å². The van der Waals surface area contributed by atoms with Crippen molar-refractivity contribution in [3.05, 3.63) is 0 Å². The SMILES string of the molecule is CC[C@@H](C)SC[C@@H](N)C(=O)O. The molecule has 11 heavy (non-hydrogen) atoms. The van der Waals surface area contributed by atoms with Crippen molar-refractivity contribution in [2.45, 2.75) is 31.6 Å². The topological polar surface area (TPSA) is 63.3 Å². The lowest BCUT2D eigenvalue weighted by molar-refractivity contribution is -0.137. The Balaban J connectivity index is 3.45. The molecule has 0 aliphatic rings. The van der Waals surface area contributed by atoms with Crippen LogP contribution in [-0.4, -0.2) is 28.1 Å². The minimum Gasteiger partial charge on any atom is -0.480 e. The van der Waals surface area contributed by atoms with Crippen molar-refractivity contribution in [1.29, 1.82) is 0 Å². The molecule has 0 aliphatic heterocycles. The Morgan fingerprint density at radius 3 is 2.64 bits per heavy atom. The predicted molar refractivity (Wildman–Crippen MR) is 47.8 cm³/mol. The van der Waals surface area contributed by atoms with Gasteiger partial charge in [-0.15, -0.1) is 0 Å². The van der Waals surface area contributed by atoms with E-state index in [0.717, 1.165) is 6.42 Å². The maximum atomic E-state index is 10.3. The molecular weight excluding hydrogens is 162 g/mol. The van der Waals surface area contributed by atoms with Crippen LogP contribution in [0.1, 0.15) is 20.3 Å². The summed E-state index contributed by atoms with van der Waals surface area (Å²) in [6.07, 6.45) is 1.05. The number of carbonyl (C=O) groups is 1. The second-order valence-corrected chi connectivity index (χ2v) is 3.97. The van der Waals surface area contributed by atoms with Gasteiger partial charge in [0.25, 0.3) is 0 Å². The molecule has 0 rings (SSSR count). The molecule has 66 valence electrons. The number of nitrogens with two attached hydrogens (primary N) is 1. The normalized spacial score (nSPS) is 15.9. The molecule has 0 aromatic carbocycles. The Labute approximate surface area is 71.3 Å². The molecule has 0 unspecified atom stereocenters. The van der Waals surface area contributed by atoms with E-state index in [4.69, 9.17) is 10.8 Å². The quantitative estimate of drug-likeness (QED) is 0.655. The van der Waals surface area contributed by atoms with E-state index in [9.17, 15) is 4.79 Å². The van der Waals surface area contributed by atoms with E-state index in [-0.39, 0.29) is 0 Å².